The second-order valence-corrected chi connectivity index (χ2v) is 8.07. The molecule has 0 radical (unpaired) electrons. The lowest BCUT2D eigenvalue weighted by atomic mass is 9.89. The number of nitrogens with one attached hydrogen (secondary N) is 1. The molecule has 148 valence electrons. The minimum absolute atomic E-state index is 0.0980. The number of nitrogens with zero attached hydrogens (tertiary/aromatic N) is 5. The topological polar surface area (TPSA) is 81.1 Å². The van der Waals surface area contributed by atoms with Crippen LogP contribution in [0.2, 0.25) is 0 Å². The highest BCUT2D eigenvalue weighted by atomic mass is 16.5. The molecular formula is C22H24N6O. The number of benzene rings is 1. The Bertz CT molecular complexity index is 1080. The molecule has 0 atom stereocenters. The molecular weight excluding hydrogens is 364 g/mol. The molecule has 2 aliphatic heterocycles. The SMILES string of the molecule is CN1CCC2(CC1)CN(c1ncnc3[nH]cc(-c4cccc(C#N)c4)c13)CCO2. The summed E-state index contributed by atoms with van der Waals surface area (Å²) in [6.07, 6.45) is 5.67. The number of likely N-dealkylation sites (tertiary alicyclic amines) is 1. The third kappa shape index (κ3) is 3.24. The number of fused-ring (bicyclic) bond motifs is 1. The highest BCUT2D eigenvalue weighted by Crippen LogP contribution is 2.37. The summed E-state index contributed by atoms with van der Waals surface area (Å²) in [6, 6.07) is 9.90. The van der Waals surface area contributed by atoms with Crippen LogP contribution in [0.25, 0.3) is 22.2 Å². The number of hydrogen-bond donors (Lipinski definition) is 1. The van der Waals surface area contributed by atoms with Crippen molar-refractivity contribution in [1.82, 2.24) is 19.9 Å². The third-order valence-corrected chi connectivity index (χ3v) is 6.20. The summed E-state index contributed by atoms with van der Waals surface area (Å²) in [5, 5.41) is 10.3. The molecule has 5 rings (SSSR count). The largest absolute Gasteiger partial charge is 0.371 e. The molecule has 0 saturated carbocycles. The zero-order valence-corrected chi connectivity index (χ0v) is 16.6. The number of rotatable bonds is 2. The van der Waals surface area contributed by atoms with Crippen LogP contribution in [0.4, 0.5) is 5.82 Å². The van der Waals surface area contributed by atoms with Crippen molar-refractivity contribution in [2.24, 2.45) is 0 Å². The summed E-state index contributed by atoms with van der Waals surface area (Å²) >= 11 is 0. The van der Waals surface area contributed by atoms with E-state index in [9.17, 15) is 5.26 Å². The highest BCUT2D eigenvalue weighted by Gasteiger charge is 2.40. The summed E-state index contributed by atoms with van der Waals surface area (Å²) in [7, 11) is 2.17. The summed E-state index contributed by atoms with van der Waals surface area (Å²) in [4.78, 5) is 17.1. The number of morpholine rings is 1. The third-order valence-electron chi connectivity index (χ3n) is 6.20. The lowest BCUT2D eigenvalue weighted by Gasteiger charge is -2.47. The van der Waals surface area contributed by atoms with Gasteiger partial charge in [0, 0.05) is 37.9 Å². The molecule has 3 aromatic rings. The van der Waals surface area contributed by atoms with E-state index < -0.39 is 0 Å². The van der Waals surface area contributed by atoms with Gasteiger partial charge in [-0.05, 0) is 37.6 Å². The van der Waals surface area contributed by atoms with Crippen LogP contribution < -0.4 is 4.90 Å². The average Bonchev–Trinajstić information content (AvgIpc) is 3.21. The van der Waals surface area contributed by atoms with Gasteiger partial charge in [-0.3, -0.25) is 0 Å². The first kappa shape index (κ1) is 18.1. The molecule has 1 spiro atoms. The first-order valence-electron chi connectivity index (χ1n) is 10.1. The maximum absolute atomic E-state index is 9.28. The Morgan fingerprint density at radius 3 is 2.90 bits per heavy atom. The van der Waals surface area contributed by atoms with E-state index in [1.165, 1.54) is 0 Å². The zero-order chi connectivity index (χ0) is 19.8. The van der Waals surface area contributed by atoms with Gasteiger partial charge in [-0.25, -0.2) is 9.97 Å². The molecule has 2 aromatic heterocycles. The van der Waals surface area contributed by atoms with Crippen molar-refractivity contribution in [2.45, 2.75) is 18.4 Å². The van der Waals surface area contributed by atoms with Crippen LogP contribution in [0.15, 0.2) is 36.8 Å². The van der Waals surface area contributed by atoms with Crippen LogP contribution >= 0.6 is 0 Å². The van der Waals surface area contributed by atoms with Crippen molar-refractivity contribution in [3.8, 4) is 17.2 Å². The zero-order valence-electron chi connectivity index (χ0n) is 16.6. The average molecular weight is 388 g/mol. The van der Waals surface area contributed by atoms with E-state index in [-0.39, 0.29) is 5.60 Å². The molecule has 4 heterocycles. The Morgan fingerprint density at radius 1 is 1.21 bits per heavy atom. The molecule has 7 nitrogen and oxygen atoms in total. The molecule has 1 N–H and O–H groups in total. The van der Waals surface area contributed by atoms with Gasteiger partial charge in [-0.1, -0.05) is 12.1 Å². The molecule has 29 heavy (non-hydrogen) atoms. The van der Waals surface area contributed by atoms with Gasteiger partial charge in [0.05, 0.1) is 29.2 Å². The van der Waals surface area contributed by atoms with Crippen LogP contribution in [-0.4, -0.2) is 65.3 Å². The predicted octanol–water partition coefficient (Wildman–Crippen LogP) is 2.80. The lowest BCUT2D eigenvalue weighted by molar-refractivity contribution is -0.0884. The minimum atomic E-state index is -0.0980. The van der Waals surface area contributed by atoms with Crippen molar-refractivity contribution in [3.63, 3.8) is 0 Å². The molecule has 0 bridgehead atoms. The van der Waals surface area contributed by atoms with E-state index >= 15 is 0 Å². The standard InChI is InChI=1S/C22H24N6O/c1-27-7-5-22(6-8-27)14-28(9-10-29-22)21-19-18(13-24-20(19)25-15-26-21)17-4-2-3-16(11-17)12-23/h2-4,11,13,15H,5-10,14H2,1H3,(H,24,25,26). The van der Waals surface area contributed by atoms with Crippen molar-refractivity contribution < 1.29 is 4.74 Å². The maximum atomic E-state index is 9.28. The van der Waals surface area contributed by atoms with Gasteiger partial charge in [-0.2, -0.15) is 5.26 Å². The molecule has 2 saturated heterocycles. The molecule has 7 heteroatoms. The number of aromatic nitrogens is 3. The van der Waals surface area contributed by atoms with Gasteiger partial charge in [0.25, 0.3) is 0 Å². The number of hydrogen-bond acceptors (Lipinski definition) is 6. The van der Waals surface area contributed by atoms with Gasteiger partial charge in [0.1, 0.15) is 17.8 Å². The number of anilines is 1. The van der Waals surface area contributed by atoms with Crippen LogP contribution in [-0.2, 0) is 4.74 Å². The number of piperidine rings is 1. The van der Waals surface area contributed by atoms with Crippen LogP contribution in [0.5, 0.6) is 0 Å². The van der Waals surface area contributed by atoms with Gasteiger partial charge in [-0.15, -0.1) is 0 Å². The highest BCUT2D eigenvalue weighted by molar-refractivity contribution is 6.01. The van der Waals surface area contributed by atoms with Gasteiger partial charge < -0.3 is 19.5 Å². The van der Waals surface area contributed by atoms with E-state index in [1.807, 2.05) is 30.5 Å². The Morgan fingerprint density at radius 2 is 2.07 bits per heavy atom. The quantitative estimate of drug-likeness (QED) is 0.727. The fourth-order valence-corrected chi connectivity index (χ4v) is 4.52. The summed E-state index contributed by atoms with van der Waals surface area (Å²) in [6.45, 7) is 4.48. The van der Waals surface area contributed by atoms with Gasteiger partial charge in [0.15, 0.2) is 0 Å². The number of H-pyrrole nitrogens is 1. The van der Waals surface area contributed by atoms with E-state index in [0.717, 1.165) is 67.0 Å². The van der Waals surface area contributed by atoms with E-state index in [1.54, 1.807) is 6.33 Å². The Kier molecular flexibility index (Phi) is 4.46. The smallest absolute Gasteiger partial charge is 0.143 e. The fourth-order valence-electron chi connectivity index (χ4n) is 4.52. The molecule has 0 amide bonds. The second kappa shape index (κ2) is 7.14. The second-order valence-electron chi connectivity index (χ2n) is 8.07. The Hall–Kier alpha value is -2.95. The Balaban J connectivity index is 1.55. The van der Waals surface area contributed by atoms with Crippen molar-refractivity contribution in [2.75, 3.05) is 44.7 Å². The first-order chi connectivity index (χ1) is 14.2. The van der Waals surface area contributed by atoms with E-state index in [2.05, 4.69) is 37.9 Å². The van der Waals surface area contributed by atoms with Crippen LogP contribution in [0, 0.1) is 11.3 Å². The molecule has 2 aliphatic rings. The van der Waals surface area contributed by atoms with Crippen LogP contribution in [0.3, 0.4) is 0 Å². The molecule has 0 aliphatic carbocycles. The van der Waals surface area contributed by atoms with Crippen molar-refractivity contribution >= 4 is 16.9 Å². The minimum Gasteiger partial charge on any atom is -0.371 e. The van der Waals surface area contributed by atoms with Crippen LogP contribution in [0.1, 0.15) is 18.4 Å². The monoisotopic (exact) mass is 388 g/mol. The summed E-state index contributed by atoms with van der Waals surface area (Å²) in [5.41, 5.74) is 3.38. The number of aromatic amines is 1. The number of nitriles is 1. The first-order valence-corrected chi connectivity index (χ1v) is 10.1. The molecule has 0 unspecified atom stereocenters. The fraction of sp³-hybridized carbons (Fsp3) is 0.409. The summed E-state index contributed by atoms with van der Waals surface area (Å²) in [5.74, 6) is 0.940. The van der Waals surface area contributed by atoms with Gasteiger partial charge in [0.2, 0.25) is 0 Å². The maximum Gasteiger partial charge on any atom is 0.143 e. The van der Waals surface area contributed by atoms with E-state index in [0.29, 0.717) is 12.2 Å². The van der Waals surface area contributed by atoms with Crippen molar-refractivity contribution in [3.05, 3.63) is 42.4 Å². The molecule has 1 aromatic carbocycles. The number of ether oxygens (including phenoxy) is 1. The normalized spacial score (nSPS) is 19.5. The predicted molar refractivity (Wildman–Crippen MR) is 112 cm³/mol. The van der Waals surface area contributed by atoms with E-state index in [4.69, 9.17) is 4.74 Å². The molecule has 2 fully saturated rings. The lowest BCUT2D eigenvalue weighted by Crippen LogP contribution is -2.56. The summed E-state index contributed by atoms with van der Waals surface area (Å²) < 4.78 is 6.29. The van der Waals surface area contributed by atoms with Crippen molar-refractivity contribution in [1.29, 1.82) is 5.26 Å². The Labute approximate surface area is 169 Å². The van der Waals surface area contributed by atoms with Gasteiger partial charge >= 0.3 is 0 Å².